The van der Waals surface area contributed by atoms with Crippen molar-refractivity contribution in [3.8, 4) is 0 Å². The van der Waals surface area contributed by atoms with Crippen molar-refractivity contribution in [3.05, 3.63) is 0 Å². The van der Waals surface area contributed by atoms with E-state index < -0.39 is 0 Å². The Morgan fingerprint density at radius 1 is 1.24 bits per heavy atom. The van der Waals surface area contributed by atoms with Crippen molar-refractivity contribution in [1.82, 2.24) is 4.90 Å². The summed E-state index contributed by atoms with van der Waals surface area (Å²) in [5.74, 6) is 0.814. The highest BCUT2D eigenvalue weighted by molar-refractivity contribution is 4.84. The van der Waals surface area contributed by atoms with Crippen molar-refractivity contribution in [2.24, 2.45) is 17.1 Å². The lowest BCUT2D eigenvalue weighted by molar-refractivity contribution is 0.109. The fourth-order valence-electron chi connectivity index (χ4n) is 3.44. The van der Waals surface area contributed by atoms with Gasteiger partial charge in [-0.05, 0) is 63.1 Å². The van der Waals surface area contributed by atoms with Crippen LogP contribution in [-0.2, 0) is 0 Å². The molecule has 1 saturated carbocycles. The van der Waals surface area contributed by atoms with E-state index in [0.717, 1.165) is 5.92 Å². The summed E-state index contributed by atoms with van der Waals surface area (Å²) in [6, 6.07) is 0.501. The van der Waals surface area contributed by atoms with Crippen LogP contribution in [0.2, 0.25) is 0 Å². The largest absolute Gasteiger partial charge is 0.327 e. The molecule has 0 amide bonds. The quantitative estimate of drug-likeness (QED) is 0.816. The van der Waals surface area contributed by atoms with Crippen molar-refractivity contribution >= 4 is 0 Å². The molecule has 2 unspecified atom stereocenters. The Bertz CT molecular complexity index is 231. The molecule has 1 heterocycles. The molecule has 1 aliphatic heterocycles. The van der Waals surface area contributed by atoms with Gasteiger partial charge in [-0.15, -0.1) is 0 Å². The molecule has 17 heavy (non-hydrogen) atoms. The Balaban J connectivity index is 1.68. The van der Waals surface area contributed by atoms with Gasteiger partial charge in [-0.2, -0.15) is 0 Å². The van der Waals surface area contributed by atoms with Gasteiger partial charge in [-0.3, -0.25) is 0 Å². The van der Waals surface area contributed by atoms with Gasteiger partial charge < -0.3 is 10.6 Å². The lowest BCUT2D eigenvalue weighted by atomic mass is 9.78. The van der Waals surface area contributed by atoms with Crippen molar-refractivity contribution in [2.75, 3.05) is 19.6 Å². The molecule has 1 aliphatic carbocycles. The van der Waals surface area contributed by atoms with Crippen LogP contribution in [0.5, 0.6) is 0 Å². The first-order valence-corrected chi connectivity index (χ1v) is 7.61. The van der Waals surface area contributed by atoms with Gasteiger partial charge in [0.1, 0.15) is 0 Å². The van der Waals surface area contributed by atoms with Gasteiger partial charge in [0.25, 0.3) is 0 Å². The minimum atomic E-state index is 0.501. The fraction of sp³-hybridized carbons (Fsp3) is 1.00. The van der Waals surface area contributed by atoms with E-state index >= 15 is 0 Å². The van der Waals surface area contributed by atoms with E-state index in [-0.39, 0.29) is 0 Å². The molecule has 2 N–H and O–H groups in total. The first-order valence-electron chi connectivity index (χ1n) is 7.61. The van der Waals surface area contributed by atoms with Gasteiger partial charge in [0.2, 0.25) is 0 Å². The van der Waals surface area contributed by atoms with Crippen LogP contribution in [0.3, 0.4) is 0 Å². The summed E-state index contributed by atoms with van der Waals surface area (Å²) < 4.78 is 0. The van der Waals surface area contributed by atoms with Gasteiger partial charge in [0.05, 0.1) is 0 Å². The standard InChI is InChI=1S/C15H30N2/c1-3-15(2)8-11-17(12-9-15)10-7-13-5-4-6-14(13)16/h13-14H,3-12,16H2,1-2H3. The van der Waals surface area contributed by atoms with Crippen molar-refractivity contribution < 1.29 is 0 Å². The lowest BCUT2D eigenvalue weighted by Crippen LogP contribution is -2.40. The molecule has 0 aromatic heterocycles. The minimum Gasteiger partial charge on any atom is -0.327 e. The summed E-state index contributed by atoms with van der Waals surface area (Å²) in [6.45, 7) is 8.71. The number of rotatable bonds is 4. The van der Waals surface area contributed by atoms with Gasteiger partial charge in [-0.25, -0.2) is 0 Å². The highest BCUT2D eigenvalue weighted by Crippen LogP contribution is 2.34. The topological polar surface area (TPSA) is 29.3 Å². The van der Waals surface area contributed by atoms with E-state index in [1.165, 1.54) is 64.6 Å². The molecule has 0 radical (unpaired) electrons. The van der Waals surface area contributed by atoms with Gasteiger partial charge >= 0.3 is 0 Å². The van der Waals surface area contributed by atoms with E-state index in [0.29, 0.717) is 11.5 Å². The summed E-state index contributed by atoms with van der Waals surface area (Å²) in [4.78, 5) is 2.67. The van der Waals surface area contributed by atoms with Crippen LogP contribution in [0, 0.1) is 11.3 Å². The molecule has 0 bridgehead atoms. The first kappa shape index (κ1) is 13.4. The van der Waals surface area contributed by atoms with Crippen molar-refractivity contribution in [3.63, 3.8) is 0 Å². The number of likely N-dealkylation sites (tertiary alicyclic amines) is 1. The molecule has 2 nitrogen and oxygen atoms in total. The average molecular weight is 238 g/mol. The molecule has 2 atom stereocenters. The predicted molar refractivity (Wildman–Crippen MR) is 74.0 cm³/mol. The minimum absolute atomic E-state index is 0.501. The third kappa shape index (κ3) is 3.45. The van der Waals surface area contributed by atoms with E-state index in [1.807, 2.05) is 0 Å². The molecule has 2 fully saturated rings. The molecule has 0 aromatic carbocycles. The van der Waals surface area contributed by atoms with Gasteiger partial charge in [0.15, 0.2) is 0 Å². The Morgan fingerprint density at radius 2 is 1.94 bits per heavy atom. The number of nitrogens with two attached hydrogens (primary N) is 1. The highest BCUT2D eigenvalue weighted by atomic mass is 15.1. The Hall–Kier alpha value is -0.0800. The molecule has 2 heteroatoms. The summed E-state index contributed by atoms with van der Waals surface area (Å²) in [5.41, 5.74) is 6.77. The zero-order valence-electron chi connectivity index (χ0n) is 11.8. The summed E-state index contributed by atoms with van der Waals surface area (Å²) in [6.07, 6.45) is 9.46. The van der Waals surface area contributed by atoms with Crippen LogP contribution in [0.4, 0.5) is 0 Å². The average Bonchev–Trinajstić information content (AvgIpc) is 2.74. The Labute approximate surface area is 107 Å². The second-order valence-corrected chi connectivity index (χ2v) is 6.65. The summed E-state index contributed by atoms with van der Waals surface area (Å²) in [7, 11) is 0. The van der Waals surface area contributed by atoms with Crippen LogP contribution in [0.25, 0.3) is 0 Å². The van der Waals surface area contributed by atoms with Crippen LogP contribution < -0.4 is 5.73 Å². The molecule has 0 spiro atoms. The van der Waals surface area contributed by atoms with Gasteiger partial charge in [0, 0.05) is 6.04 Å². The smallest absolute Gasteiger partial charge is 0.00676 e. The maximum absolute atomic E-state index is 6.14. The SMILES string of the molecule is CCC1(C)CCN(CCC2CCCC2N)CC1. The van der Waals surface area contributed by atoms with Crippen molar-refractivity contribution in [2.45, 2.75) is 64.8 Å². The molecule has 2 rings (SSSR count). The third-order valence-electron chi connectivity index (χ3n) is 5.45. The second kappa shape index (κ2) is 5.71. The summed E-state index contributed by atoms with van der Waals surface area (Å²) in [5, 5.41) is 0. The monoisotopic (exact) mass is 238 g/mol. The molecular weight excluding hydrogens is 208 g/mol. The van der Waals surface area contributed by atoms with E-state index in [9.17, 15) is 0 Å². The number of piperidine rings is 1. The number of hydrogen-bond acceptors (Lipinski definition) is 2. The van der Waals surface area contributed by atoms with E-state index in [1.54, 1.807) is 0 Å². The molecule has 1 saturated heterocycles. The van der Waals surface area contributed by atoms with Crippen LogP contribution in [0.15, 0.2) is 0 Å². The highest BCUT2D eigenvalue weighted by Gasteiger charge is 2.29. The maximum Gasteiger partial charge on any atom is 0.00676 e. The first-order chi connectivity index (χ1) is 8.13. The third-order valence-corrected chi connectivity index (χ3v) is 5.45. The maximum atomic E-state index is 6.14. The summed E-state index contributed by atoms with van der Waals surface area (Å²) >= 11 is 0. The van der Waals surface area contributed by atoms with Crippen molar-refractivity contribution in [1.29, 1.82) is 0 Å². The molecule has 100 valence electrons. The van der Waals surface area contributed by atoms with Crippen LogP contribution in [-0.4, -0.2) is 30.6 Å². The second-order valence-electron chi connectivity index (χ2n) is 6.65. The van der Waals surface area contributed by atoms with Gasteiger partial charge in [-0.1, -0.05) is 26.7 Å². The molecule has 2 aliphatic rings. The molecular formula is C15H30N2. The van der Waals surface area contributed by atoms with Crippen LogP contribution >= 0.6 is 0 Å². The Kier molecular flexibility index (Phi) is 4.48. The number of hydrogen-bond donors (Lipinski definition) is 1. The van der Waals surface area contributed by atoms with Crippen LogP contribution in [0.1, 0.15) is 58.8 Å². The van der Waals surface area contributed by atoms with E-state index in [4.69, 9.17) is 5.73 Å². The predicted octanol–water partition coefficient (Wildman–Crippen LogP) is 3.02. The zero-order valence-corrected chi connectivity index (χ0v) is 11.8. The fourth-order valence-corrected chi connectivity index (χ4v) is 3.44. The van der Waals surface area contributed by atoms with E-state index in [2.05, 4.69) is 18.7 Å². The Morgan fingerprint density at radius 3 is 2.47 bits per heavy atom. The zero-order chi connectivity index (χ0) is 12.3. The number of nitrogens with zero attached hydrogens (tertiary/aromatic N) is 1. The lowest BCUT2D eigenvalue weighted by Gasteiger charge is -2.39. The normalized spacial score (nSPS) is 34.1. The molecule has 0 aromatic rings.